The van der Waals surface area contributed by atoms with Gasteiger partial charge >= 0.3 is 0 Å². The molecule has 0 bridgehead atoms. The molecule has 0 spiro atoms. The molecule has 0 unspecified atom stereocenters. The molecule has 1 N–H and O–H groups in total. The molecule has 0 atom stereocenters. The number of rotatable bonds is 2. The summed E-state index contributed by atoms with van der Waals surface area (Å²) in [5, 5.41) is 5.58. The number of aliphatic imine (C=N–C) groups is 1. The van der Waals surface area contributed by atoms with Crippen molar-refractivity contribution in [1.82, 2.24) is 5.32 Å². The number of nitrogens with one attached hydrogen (secondary N) is 1. The Kier molecular flexibility index (Phi) is 4.46. The van der Waals surface area contributed by atoms with Gasteiger partial charge in [0.15, 0.2) is 5.17 Å². The Balaban J connectivity index is 1.92. The molecule has 0 aromatic heterocycles. The maximum Gasteiger partial charge on any atom is 0.156 e. The minimum absolute atomic E-state index is 0.258. The van der Waals surface area contributed by atoms with Gasteiger partial charge in [0.2, 0.25) is 0 Å². The third-order valence-corrected chi connectivity index (χ3v) is 4.49. The number of benzene rings is 1. The van der Waals surface area contributed by atoms with E-state index in [-0.39, 0.29) is 5.41 Å². The van der Waals surface area contributed by atoms with Gasteiger partial charge in [0, 0.05) is 24.3 Å². The van der Waals surface area contributed by atoms with Gasteiger partial charge in [-0.1, -0.05) is 54.9 Å². The summed E-state index contributed by atoms with van der Waals surface area (Å²) in [5.41, 5.74) is 1.41. The van der Waals surface area contributed by atoms with E-state index < -0.39 is 0 Å². The number of halogens is 2. The second kappa shape index (κ2) is 5.72. The summed E-state index contributed by atoms with van der Waals surface area (Å²) in [5.74, 6) is 0.850. The van der Waals surface area contributed by atoms with Crippen molar-refractivity contribution in [3.05, 3.63) is 33.8 Å². The van der Waals surface area contributed by atoms with Gasteiger partial charge in [-0.25, -0.2) is 0 Å². The third kappa shape index (κ3) is 3.81. The van der Waals surface area contributed by atoms with E-state index in [2.05, 4.69) is 24.2 Å². The summed E-state index contributed by atoms with van der Waals surface area (Å²) < 4.78 is 0. The predicted molar refractivity (Wildman–Crippen MR) is 81.8 cm³/mol. The first kappa shape index (κ1) is 14.0. The maximum absolute atomic E-state index is 5.99. The van der Waals surface area contributed by atoms with Crippen molar-refractivity contribution >= 4 is 40.1 Å². The first-order valence-electron chi connectivity index (χ1n) is 5.81. The molecule has 1 aliphatic heterocycles. The Morgan fingerprint density at radius 2 is 2.11 bits per heavy atom. The van der Waals surface area contributed by atoms with Crippen LogP contribution in [0, 0.1) is 5.41 Å². The summed E-state index contributed by atoms with van der Waals surface area (Å²) >= 11 is 13.6. The van der Waals surface area contributed by atoms with E-state index in [4.69, 9.17) is 23.2 Å². The second-order valence-corrected chi connectivity index (χ2v) is 6.95. The fourth-order valence-electron chi connectivity index (χ4n) is 1.59. The summed E-state index contributed by atoms with van der Waals surface area (Å²) in [7, 11) is 0. The Bertz CT molecular complexity index is 472. The zero-order chi connectivity index (χ0) is 13.2. The molecule has 0 saturated carbocycles. The molecule has 5 heteroatoms. The third-order valence-electron chi connectivity index (χ3n) is 2.73. The highest BCUT2D eigenvalue weighted by atomic mass is 35.5. The molecule has 0 fully saturated rings. The first-order chi connectivity index (χ1) is 8.46. The second-order valence-electron chi connectivity index (χ2n) is 5.18. The Hall–Kier alpha value is -0.380. The molecule has 0 aliphatic carbocycles. The van der Waals surface area contributed by atoms with E-state index in [0.29, 0.717) is 10.0 Å². The predicted octanol–water partition coefficient (Wildman–Crippen LogP) is 4.21. The standard InChI is InChI=1S/C13H16Cl2N2S/c1-13(2)7-16-12(17-8-13)18-6-9-3-4-10(14)11(15)5-9/h3-5H,6-8H2,1-2H3,(H,16,17). The summed E-state index contributed by atoms with van der Waals surface area (Å²) in [6, 6.07) is 5.73. The molecular formula is C13H16Cl2N2S. The van der Waals surface area contributed by atoms with E-state index in [1.165, 1.54) is 0 Å². The lowest BCUT2D eigenvalue weighted by molar-refractivity contribution is 0.364. The Morgan fingerprint density at radius 1 is 1.33 bits per heavy atom. The highest BCUT2D eigenvalue weighted by molar-refractivity contribution is 8.13. The van der Waals surface area contributed by atoms with E-state index in [0.717, 1.165) is 29.6 Å². The number of thioether (sulfide) groups is 1. The van der Waals surface area contributed by atoms with Crippen molar-refractivity contribution in [2.24, 2.45) is 10.4 Å². The van der Waals surface area contributed by atoms with E-state index in [1.807, 2.05) is 18.2 Å². The van der Waals surface area contributed by atoms with Gasteiger partial charge in [0.25, 0.3) is 0 Å². The van der Waals surface area contributed by atoms with Crippen LogP contribution in [0.25, 0.3) is 0 Å². The van der Waals surface area contributed by atoms with Crippen molar-refractivity contribution in [1.29, 1.82) is 0 Å². The van der Waals surface area contributed by atoms with E-state index >= 15 is 0 Å². The number of amidine groups is 1. The van der Waals surface area contributed by atoms with Crippen LogP contribution in [-0.4, -0.2) is 18.3 Å². The molecule has 1 aromatic carbocycles. The molecule has 0 amide bonds. The van der Waals surface area contributed by atoms with Crippen LogP contribution >= 0.6 is 35.0 Å². The maximum atomic E-state index is 5.99. The van der Waals surface area contributed by atoms with Crippen LogP contribution in [0.4, 0.5) is 0 Å². The minimum Gasteiger partial charge on any atom is -0.364 e. The smallest absolute Gasteiger partial charge is 0.156 e. The highest BCUT2D eigenvalue weighted by Gasteiger charge is 2.22. The molecule has 0 radical (unpaired) electrons. The molecule has 1 aromatic rings. The lowest BCUT2D eigenvalue weighted by Crippen LogP contribution is -2.39. The van der Waals surface area contributed by atoms with Gasteiger partial charge in [-0.2, -0.15) is 0 Å². The van der Waals surface area contributed by atoms with Crippen LogP contribution in [0.2, 0.25) is 10.0 Å². The van der Waals surface area contributed by atoms with Crippen LogP contribution in [0.5, 0.6) is 0 Å². The average Bonchev–Trinajstić information content (AvgIpc) is 2.32. The molecule has 98 valence electrons. The number of hydrogen-bond acceptors (Lipinski definition) is 3. The van der Waals surface area contributed by atoms with Crippen molar-refractivity contribution in [3.8, 4) is 0 Å². The van der Waals surface area contributed by atoms with Crippen LogP contribution in [0.1, 0.15) is 19.4 Å². The summed E-state index contributed by atoms with van der Waals surface area (Å²) in [4.78, 5) is 4.55. The van der Waals surface area contributed by atoms with E-state index in [9.17, 15) is 0 Å². The number of hydrogen-bond donors (Lipinski definition) is 1. The van der Waals surface area contributed by atoms with Crippen molar-refractivity contribution in [3.63, 3.8) is 0 Å². The highest BCUT2D eigenvalue weighted by Crippen LogP contribution is 2.26. The van der Waals surface area contributed by atoms with Crippen LogP contribution in [0.15, 0.2) is 23.2 Å². The van der Waals surface area contributed by atoms with Gasteiger partial charge in [-0.05, 0) is 17.7 Å². The summed E-state index contributed by atoms with van der Waals surface area (Å²) in [6.07, 6.45) is 0. The topological polar surface area (TPSA) is 24.4 Å². The van der Waals surface area contributed by atoms with Gasteiger partial charge in [-0.3, -0.25) is 4.99 Å². The molecule has 1 aliphatic rings. The molecular weight excluding hydrogens is 287 g/mol. The minimum atomic E-state index is 0.258. The quantitative estimate of drug-likeness (QED) is 0.885. The van der Waals surface area contributed by atoms with Crippen molar-refractivity contribution in [2.45, 2.75) is 19.6 Å². The fourth-order valence-corrected chi connectivity index (χ4v) is 2.72. The monoisotopic (exact) mass is 302 g/mol. The molecule has 2 rings (SSSR count). The number of nitrogens with zero attached hydrogens (tertiary/aromatic N) is 1. The van der Waals surface area contributed by atoms with Crippen molar-refractivity contribution < 1.29 is 0 Å². The molecule has 0 saturated heterocycles. The molecule has 18 heavy (non-hydrogen) atoms. The van der Waals surface area contributed by atoms with Crippen LogP contribution in [-0.2, 0) is 5.75 Å². The van der Waals surface area contributed by atoms with Gasteiger partial charge in [0.1, 0.15) is 0 Å². The Labute approximate surface area is 122 Å². The summed E-state index contributed by atoms with van der Waals surface area (Å²) in [6.45, 7) is 6.28. The lowest BCUT2D eigenvalue weighted by Gasteiger charge is -2.28. The molecule has 1 heterocycles. The van der Waals surface area contributed by atoms with Gasteiger partial charge in [0.05, 0.1) is 10.0 Å². The van der Waals surface area contributed by atoms with Crippen LogP contribution in [0.3, 0.4) is 0 Å². The van der Waals surface area contributed by atoms with Gasteiger partial charge in [-0.15, -0.1) is 0 Å². The van der Waals surface area contributed by atoms with E-state index in [1.54, 1.807) is 11.8 Å². The van der Waals surface area contributed by atoms with Gasteiger partial charge < -0.3 is 5.32 Å². The van der Waals surface area contributed by atoms with Crippen molar-refractivity contribution in [2.75, 3.05) is 13.1 Å². The zero-order valence-electron chi connectivity index (χ0n) is 10.5. The van der Waals surface area contributed by atoms with Crippen LogP contribution < -0.4 is 5.32 Å². The fraction of sp³-hybridized carbons (Fsp3) is 0.462. The first-order valence-corrected chi connectivity index (χ1v) is 7.55. The largest absolute Gasteiger partial charge is 0.364 e. The Morgan fingerprint density at radius 3 is 2.72 bits per heavy atom. The SMILES string of the molecule is CC1(C)CN=C(SCc2ccc(Cl)c(Cl)c2)NC1. The zero-order valence-corrected chi connectivity index (χ0v) is 12.8. The lowest BCUT2D eigenvalue weighted by atomic mass is 9.93. The molecule has 2 nitrogen and oxygen atoms in total. The average molecular weight is 303 g/mol. The normalized spacial score (nSPS) is 18.1.